The number of hydrogen-bond acceptors (Lipinski definition) is 2. The molecule has 0 atom stereocenters. The summed E-state index contributed by atoms with van der Waals surface area (Å²) >= 11 is 0. The van der Waals surface area contributed by atoms with Crippen molar-refractivity contribution in [3.05, 3.63) is 23.5 Å². The molecule has 0 saturated heterocycles. The van der Waals surface area contributed by atoms with E-state index in [-0.39, 0.29) is 0 Å². The summed E-state index contributed by atoms with van der Waals surface area (Å²) in [6.07, 6.45) is 2.88. The summed E-state index contributed by atoms with van der Waals surface area (Å²) in [7, 11) is 0. The Labute approximate surface area is 80.4 Å². The van der Waals surface area contributed by atoms with Crippen LogP contribution >= 0.6 is 0 Å². The lowest BCUT2D eigenvalue weighted by Gasteiger charge is -2.07. The summed E-state index contributed by atoms with van der Waals surface area (Å²) in [5.74, 6) is 1.19. The molecule has 0 aliphatic rings. The van der Waals surface area contributed by atoms with E-state index in [4.69, 9.17) is 0 Å². The van der Waals surface area contributed by atoms with Crippen molar-refractivity contribution in [3.63, 3.8) is 0 Å². The molecule has 0 aromatic carbocycles. The smallest absolute Gasteiger partial charge is 0.0636 e. The fourth-order valence-corrected chi connectivity index (χ4v) is 1.26. The molecule has 0 radical (unpaired) electrons. The average Bonchev–Trinajstić information content (AvgIpc) is 2.03. The van der Waals surface area contributed by atoms with E-state index in [0.29, 0.717) is 11.8 Å². The van der Waals surface area contributed by atoms with Crippen molar-refractivity contribution in [2.45, 2.75) is 40.0 Å². The molecule has 0 spiro atoms. The maximum Gasteiger partial charge on any atom is 0.0636 e. The van der Waals surface area contributed by atoms with Crippen LogP contribution in [0.4, 0.5) is 0 Å². The van der Waals surface area contributed by atoms with Crippen LogP contribution in [0, 0.1) is 5.92 Å². The van der Waals surface area contributed by atoms with Gasteiger partial charge in [0.05, 0.1) is 11.9 Å². The molecule has 0 amide bonds. The Morgan fingerprint density at radius 3 is 2.46 bits per heavy atom. The minimum Gasteiger partial charge on any atom is -0.159 e. The largest absolute Gasteiger partial charge is 0.159 e. The van der Waals surface area contributed by atoms with Gasteiger partial charge in [0.25, 0.3) is 0 Å². The van der Waals surface area contributed by atoms with E-state index >= 15 is 0 Å². The molecule has 1 aromatic rings. The highest BCUT2D eigenvalue weighted by atomic mass is 15.1. The molecule has 0 aliphatic carbocycles. The molecular weight excluding hydrogens is 160 g/mol. The van der Waals surface area contributed by atoms with Gasteiger partial charge in [0.15, 0.2) is 0 Å². The van der Waals surface area contributed by atoms with Crippen molar-refractivity contribution in [2.75, 3.05) is 0 Å². The molecule has 0 aliphatic heterocycles. The summed E-state index contributed by atoms with van der Waals surface area (Å²) in [6, 6.07) is 2.16. The zero-order valence-electron chi connectivity index (χ0n) is 8.91. The summed E-state index contributed by atoms with van der Waals surface area (Å²) in [5, 5.41) is 8.12. The minimum absolute atomic E-state index is 0.543. The SMILES string of the molecule is CC(C)Cc1cc(C(C)C)cnn1. The predicted molar refractivity (Wildman–Crippen MR) is 54.7 cm³/mol. The summed E-state index contributed by atoms with van der Waals surface area (Å²) in [5.41, 5.74) is 2.40. The van der Waals surface area contributed by atoms with E-state index in [1.165, 1.54) is 5.56 Å². The normalized spacial score (nSPS) is 11.2. The molecule has 1 rings (SSSR count). The number of rotatable bonds is 3. The van der Waals surface area contributed by atoms with Gasteiger partial charge >= 0.3 is 0 Å². The second kappa shape index (κ2) is 4.35. The first-order chi connectivity index (χ1) is 6.09. The van der Waals surface area contributed by atoms with E-state index in [9.17, 15) is 0 Å². The van der Waals surface area contributed by atoms with Crippen LogP contribution in [0.5, 0.6) is 0 Å². The van der Waals surface area contributed by atoms with Gasteiger partial charge in [-0.05, 0) is 29.9 Å². The third kappa shape index (κ3) is 3.13. The van der Waals surface area contributed by atoms with Crippen LogP contribution in [-0.2, 0) is 6.42 Å². The highest BCUT2D eigenvalue weighted by Crippen LogP contribution is 2.14. The van der Waals surface area contributed by atoms with Gasteiger partial charge in [-0.25, -0.2) is 0 Å². The summed E-state index contributed by atoms with van der Waals surface area (Å²) < 4.78 is 0. The molecule has 2 nitrogen and oxygen atoms in total. The van der Waals surface area contributed by atoms with Crippen molar-refractivity contribution in [1.29, 1.82) is 0 Å². The first-order valence-corrected chi connectivity index (χ1v) is 4.91. The van der Waals surface area contributed by atoms with Gasteiger partial charge in [0.2, 0.25) is 0 Å². The van der Waals surface area contributed by atoms with Crippen LogP contribution in [-0.4, -0.2) is 10.2 Å². The summed E-state index contributed by atoms with van der Waals surface area (Å²) in [6.45, 7) is 8.75. The highest BCUT2D eigenvalue weighted by Gasteiger charge is 2.03. The van der Waals surface area contributed by atoms with Crippen molar-refractivity contribution in [3.8, 4) is 0 Å². The van der Waals surface area contributed by atoms with Crippen LogP contribution in [0.15, 0.2) is 12.3 Å². The van der Waals surface area contributed by atoms with Gasteiger partial charge in [-0.3, -0.25) is 0 Å². The first kappa shape index (κ1) is 10.2. The number of aromatic nitrogens is 2. The molecule has 0 unspecified atom stereocenters. The van der Waals surface area contributed by atoms with E-state index in [1.807, 2.05) is 6.20 Å². The second-order valence-corrected chi connectivity index (χ2v) is 4.23. The second-order valence-electron chi connectivity index (χ2n) is 4.23. The van der Waals surface area contributed by atoms with Gasteiger partial charge < -0.3 is 0 Å². The Bertz CT molecular complexity index is 267. The number of hydrogen-bond donors (Lipinski definition) is 0. The van der Waals surface area contributed by atoms with Crippen LogP contribution in [0.2, 0.25) is 0 Å². The molecule has 13 heavy (non-hydrogen) atoms. The standard InChI is InChI=1S/C11H18N2/c1-8(2)5-11-6-10(9(3)4)7-12-13-11/h6-9H,5H2,1-4H3. The van der Waals surface area contributed by atoms with Crippen LogP contribution in [0.25, 0.3) is 0 Å². The first-order valence-electron chi connectivity index (χ1n) is 4.91. The quantitative estimate of drug-likeness (QED) is 0.711. The molecule has 72 valence electrons. The van der Waals surface area contributed by atoms with Gasteiger partial charge in [0.1, 0.15) is 0 Å². The van der Waals surface area contributed by atoms with Crippen LogP contribution in [0.3, 0.4) is 0 Å². The van der Waals surface area contributed by atoms with Crippen molar-refractivity contribution >= 4 is 0 Å². The monoisotopic (exact) mass is 178 g/mol. The van der Waals surface area contributed by atoms with Crippen molar-refractivity contribution in [1.82, 2.24) is 10.2 Å². The Balaban J connectivity index is 2.79. The maximum atomic E-state index is 4.11. The molecule has 0 fully saturated rings. The summed E-state index contributed by atoms with van der Waals surface area (Å²) in [4.78, 5) is 0. The zero-order valence-corrected chi connectivity index (χ0v) is 8.91. The molecule has 0 N–H and O–H groups in total. The molecule has 0 bridgehead atoms. The molecule has 0 saturated carbocycles. The predicted octanol–water partition coefficient (Wildman–Crippen LogP) is 2.80. The Morgan fingerprint density at radius 1 is 1.23 bits per heavy atom. The topological polar surface area (TPSA) is 25.8 Å². The van der Waals surface area contributed by atoms with Gasteiger partial charge in [-0.2, -0.15) is 10.2 Å². The molecule has 1 heterocycles. The lowest BCUT2D eigenvalue weighted by atomic mass is 10.0. The molecular formula is C11H18N2. The lowest BCUT2D eigenvalue weighted by Crippen LogP contribution is -2.01. The highest BCUT2D eigenvalue weighted by molar-refractivity contribution is 5.16. The van der Waals surface area contributed by atoms with Crippen LogP contribution in [0.1, 0.15) is 44.9 Å². The maximum absolute atomic E-state index is 4.11. The number of nitrogens with zero attached hydrogens (tertiary/aromatic N) is 2. The Hall–Kier alpha value is -0.920. The van der Waals surface area contributed by atoms with Crippen molar-refractivity contribution < 1.29 is 0 Å². The molecule has 1 aromatic heterocycles. The van der Waals surface area contributed by atoms with Crippen LogP contribution < -0.4 is 0 Å². The van der Waals surface area contributed by atoms with E-state index in [2.05, 4.69) is 44.0 Å². The van der Waals surface area contributed by atoms with Gasteiger partial charge in [-0.15, -0.1) is 0 Å². The Morgan fingerprint density at radius 2 is 1.92 bits per heavy atom. The lowest BCUT2D eigenvalue weighted by molar-refractivity contribution is 0.625. The van der Waals surface area contributed by atoms with Gasteiger partial charge in [0, 0.05) is 0 Å². The average molecular weight is 178 g/mol. The third-order valence-electron chi connectivity index (χ3n) is 2.01. The van der Waals surface area contributed by atoms with Crippen molar-refractivity contribution in [2.24, 2.45) is 5.92 Å². The third-order valence-corrected chi connectivity index (χ3v) is 2.01. The van der Waals surface area contributed by atoms with E-state index < -0.39 is 0 Å². The fraction of sp³-hybridized carbons (Fsp3) is 0.636. The van der Waals surface area contributed by atoms with E-state index in [0.717, 1.165) is 12.1 Å². The molecule has 2 heteroatoms. The fourth-order valence-electron chi connectivity index (χ4n) is 1.26. The van der Waals surface area contributed by atoms with E-state index in [1.54, 1.807) is 0 Å². The minimum atomic E-state index is 0.543. The Kier molecular flexibility index (Phi) is 3.40. The van der Waals surface area contributed by atoms with Gasteiger partial charge in [-0.1, -0.05) is 27.7 Å². The zero-order chi connectivity index (χ0) is 9.84.